The van der Waals surface area contributed by atoms with Gasteiger partial charge in [0.2, 0.25) is 0 Å². The van der Waals surface area contributed by atoms with Crippen LogP contribution in [0.5, 0.6) is 0 Å². The van der Waals surface area contributed by atoms with Crippen LogP contribution in [0, 0.1) is 5.82 Å². The standard InChI is InChI=1S/C15H15F4N3O2/c16-11-6-9-5-10(14(23)24)8-22(15(17,18)19)12(9)7-13(11)21-3-1-20-2-4-21/h6-8,20H,1-5H2,(H,23,24). The average Bonchev–Trinajstić information content (AvgIpc) is 2.52. The Hall–Kier alpha value is -2.29. The minimum atomic E-state index is -4.80. The van der Waals surface area contributed by atoms with E-state index in [0.717, 1.165) is 12.1 Å². The molecule has 1 fully saturated rings. The lowest BCUT2D eigenvalue weighted by molar-refractivity contribution is -0.133. The van der Waals surface area contributed by atoms with E-state index in [4.69, 9.17) is 5.11 Å². The molecule has 2 aliphatic rings. The van der Waals surface area contributed by atoms with Gasteiger partial charge < -0.3 is 15.3 Å². The number of benzene rings is 1. The molecule has 0 amide bonds. The highest BCUT2D eigenvalue weighted by Gasteiger charge is 2.41. The molecule has 0 atom stereocenters. The van der Waals surface area contributed by atoms with Gasteiger partial charge in [-0.05, 0) is 17.7 Å². The summed E-state index contributed by atoms with van der Waals surface area (Å²) in [6.07, 6.45) is -4.49. The predicted octanol–water partition coefficient (Wildman–Crippen LogP) is 2.09. The molecule has 5 nitrogen and oxygen atoms in total. The van der Waals surface area contributed by atoms with Crippen LogP contribution in [0.25, 0.3) is 0 Å². The zero-order chi connectivity index (χ0) is 17.5. The van der Waals surface area contributed by atoms with Gasteiger partial charge in [0.1, 0.15) is 5.82 Å². The lowest BCUT2D eigenvalue weighted by atomic mass is 9.98. The third kappa shape index (κ3) is 3.03. The molecule has 0 saturated carbocycles. The van der Waals surface area contributed by atoms with Gasteiger partial charge in [0, 0.05) is 38.8 Å². The van der Waals surface area contributed by atoms with Crippen molar-refractivity contribution < 1.29 is 27.5 Å². The third-order valence-electron chi connectivity index (χ3n) is 4.08. The summed E-state index contributed by atoms with van der Waals surface area (Å²) in [6.45, 7) is 2.20. The van der Waals surface area contributed by atoms with Gasteiger partial charge in [-0.2, -0.15) is 0 Å². The Morgan fingerprint density at radius 3 is 2.42 bits per heavy atom. The number of aliphatic carboxylic acids is 1. The molecule has 2 aliphatic heterocycles. The van der Waals surface area contributed by atoms with Crippen molar-refractivity contribution >= 4 is 17.3 Å². The highest BCUT2D eigenvalue weighted by Crippen LogP contribution is 2.40. The van der Waals surface area contributed by atoms with E-state index in [1.807, 2.05) is 0 Å². The van der Waals surface area contributed by atoms with Crippen LogP contribution in [0.1, 0.15) is 5.56 Å². The molecule has 0 unspecified atom stereocenters. The normalized spacial score (nSPS) is 18.2. The summed E-state index contributed by atoms with van der Waals surface area (Å²) in [7, 11) is 0. The number of carboxylic acid groups (broad SMARTS) is 1. The van der Waals surface area contributed by atoms with E-state index in [1.54, 1.807) is 4.90 Å². The van der Waals surface area contributed by atoms with Crippen LogP contribution in [0.3, 0.4) is 0 Å². The highest BCUT2D eigenvalue weighted by atomic mass is 19.4. The number of fused-ring (bicyclic) bond motifs is 1. The molecule has 0 bridgehead atoms. The van der Waals surface area contributed by atoms with Crippen molar-refractivity contribution in [2.24, 2.45) is 0 Å². The molecule has 2 N–H and O–H groups in total. The van der Waals surface area contributed by atoms with Crippen molar-refractivity contribution in [2.75, 3.05) is 36.0 Å². The Labute approximate surface area is 135 Å². The van der Waals surface area contributed by atoms with E-state index >= 15 is 0 Å². The summed E-state index contributed by atoms with van der Waals surface area (Å²) in [4.78, 5) is 12.7. The van der Waals surface area contributed by atoms with Gasteiger partial charge in [-0.1, -0.05) is 0 Å². The SMILES string of the molecule is O=C(O)C1=CN(C(F)(F)F)c2cc(N3CCNCC3)c(F)cc2C1. The number of hydrogen-bond acceptors (Lipinski definition) is 4. The van der Waals surface area contributed by atoms with E-state index in [-0.39, 0.29) is 28.3 Å². The summed E-state index contributed by atoms with van der Waals surface area (Å²) in [6, 6.07) is 2.15. The Morgan fingerprint density at radius 1 is 1.17 bits per heavy atom. The van der Waals surface area contributed by atoms with E-state index in [1.165, 1.54) is 0 Å². The number of carboxylic acids is 1. The fourth-order valence-electron chi connectivity index (χ4n) is 2.92. The zero-order valence-corrected chi connectivity index (χ0v) is 12.5. The second-order valence-corrected chi connectivity index (χ2v) is 5.64. The zero-order valence-electron chi connectivity index (χ0n) is 12.5. The molecule has 2 heterocycles. The Kier molecular flexibility index (Phi) is 4.12. The number of halogens is 4. The Bertz CT molecular complexity index is 697. The predicted molar refractivity (Wildman–Crippen MR) is 79.4 cm³/mol. The summed E-state index contributed by atoms with van der Waals surface area (Å²) < 4.78 is 54.3. The van der Waals surface area contributed by atoms with Gasteiger partial charge in [-0.25, -0.2) is 9.18 Å². The summed E-state index contributed by atoms with van der Waals surface area (Å²) >= 11 is 0. The molecule has 0 aliphatic carbocycles. The molecule has 130 valence electrons. The molecule has 9 heteroatoms. The summed E-state index contributed by atoms with van der Waals surface area (Å²) in [5.41, 5.74) is -0.572. The first kappa shape index (κ1) is 16.6. The van der Waals surface area contributed by atoms with Gasteiger partial charge in [-0.15, -0.1) is 13.2 Å². The van der Waals surface area contributed by atoms with Gasteiger partial charge >= 0.3 is 12.3 Å². The first-order valence-corrected chi connectivity index (χ1v) is 7.35. The van der Waals surface area contributed by atoms with Gasteiger partial charge in [-0.3, -0.25) is 4.90 Å². The number of nitrogens with one attached hydrogen (secondary N) is 1. The maximum absolute atomic E-state index is 14.4. The molecule has 0 aromatic heterocycles. The number of piperazine rings is 1. The molecule has 1 aromatic carbocycles. The Balaban J connectivity index is 2.07. The molecule has 24 heavy (non-hydrogen) atoms. The molecule has 1 saturated heterocycles. The van der Waals surface area contributed by atoms with Crippen LogP contribution in [0.2, 0.25) is 0 Å². The van der Waals surface area contributed by atoms with Gasteiger partial charge in [0.15, 0.2) is 0 Å². The molecular formula is C15H15F4N3O2. The number of alkyl halides is 3. The molecular weight excluding hydrogens is 330 g/mol. The van der Waals surface area contributed by atoms with Crippen LogP contribution in [0.15, 0.2) is 23.9 Å². The van der Waals surface area contributed by atoms with Crippen LogP contribution in [-0.4, -0.2) is 43.6 Å². The second-order valence-electron chi connectivity index (χ2n) is 5.64. The minimum absolute atomic E-state index is 0.00334. The second kappa shape index (κ2) is 5.97. The number of nitrogens with zero attached hydrogens (tertiary/aromatic N) is 2. The summed E-state index contributed by atoms with van der Waals surface area (Å²) in [5, 5.41) is 12.1. The average molecular weight is 345 g/mol. The maximum Gasteiger partial charge on any atom is 0.488 e. The van der Waals surface area contributed by atoms with Crippen LogP contribution >= 0.6 is 0 Å². The number of anilines is 2. The van der Waals surface area contributed by atoms with Crippen molar-refractivity contribution in [3.8, 4) is 0 Å². The molecule has 0 radical (unpaired) electrons. The van der Waals surface area contributed by atoms with Gasteiger partial charge in [0.25, 0.3) is 0 Å². The fraction of sp³-hybridized carbons (Fsp3) is 0.400. The molecule has 1 aromatic rings. The largest absolute Gasteiger partial charge is 0.488 e. The van der Waals surface area contributed by atoms with E-state index in [9.17, 15) is 22.4 Å². The smallest absolute Gasteiger partial charge is 0.478 e. The number of carbonyl (C=O) groups is 1. The topological polar surface area (TPSA) is 55.8 Å². The monoisotopic (exact) mass is 345 g/mol. The van der Waals surface area contributed by atoms with Crippen molar-refractivity contribution in [1.29, 1.82) is 0 Å². The highest BCUT2D eigenvalue weighted by molar-refractivity contribution is 5.89. The fourth-order valence-corrected chi connectivity index (χ4v) is 2.92. The minimum Gasteiger partial charge on any atom is -0.478 e. The van der Waals surface area contributed by atoms with Crippen molar-refractivity contribution in [2.45, 2.75) is 12.7 Å². The summed E-state index contributed by atoms with van der Waals surface area (Å²) in [5.74, 6) is -2.11. The lowest BCUT2D eigenvalue weighted by Crippen LogP contribution is -2.44. The van der Waals surface area contributed by atoms with E-state index < -0.39 is 23.7 Å². The van der Waals surface area contributed by atoms with Crippen LogP contribution < -0.4 is 15.1 Å². The van der Waals surface area contributed by atoms with Gasteiger partial charge in [0.05, 0.1) is 16.9 Å². The molecule has 0 spiro atoms. The third-order valence-corrected chi connectivity index (χ3v) is 4.08. The van der Waals surface area contributed by atoms with E-state index in [2.05, 4.69) is 5.32 Å². The first-order valence-electron chi connectivity index (χ1n) is 7.35. The maximum atomic E-state index is 14.4. The Morgan fingerprint density at radius 2 is 1.83 bits per heavy atom. The number of rotatable bonds is 2. The van der Waals surface area contributed by atoms with Crippen molar-refractivity contribution in [3.63, 3.8) is 0 Å². The molecule has 3 rings (SSSR count). The van der Waals surface area contributed by atoms with Crippen molar-refractivity contribution in [3.05, 3.63) is 35.3 Å². The first-order chi connectivity index (χ1) is 11.3. The number of hydrogen-bond donors (Lipinski definition) is 2. The van der Waals surface area contributed by atoms with E-state index in [0.29, 0.717) is 32.4 Å². The van der Waals surface area contributed by atoms with Crippen LogP contribution in [0.4, 0.5) is 28.9 Å². The van der Waals surface area contributed by atoms with Crippen LogP contribution in [-0.2, 0) is 11.2 Å². The quantitative estimate of drug-likeness (QED) is 0.635. The van der Waals surface area contributed by atoms with Crippen molar-refractivity contribution in [1.82, 2.24) is 5.32 Å². The lowest BCUT2D eigenvalue weighted by Gasteiger charge is -2.34.